The van der Waals surface area contributed by atoms with Crippen LogP contribution in [0.1, 0.15) is 49.9 Å². The summed E-state index contributed by atoms with van der Waals surface area (Å²) in [7, 11) is 0. The summed E-state index contributed by atoms with van der Waals surface area (Å²) in [4.78, 5) is 40.8. The normalized spacial score (nSPS) is 11.2. The Morgan fingerprint density at radius 1 is 0.651 bits per heavy atom. The minimum absolute atomic E-state index is 0.255. The van der Waals surface area contributed by atoms with Crippen molar-refractivity contribution in [3.63, 3.8) is 0 Å². The molecular formula is C35H30N4O4. The third-order valence-corrected chi connectivity index (χ3v) is 7.52. The molecule has 6 aromatic rings. The summed E-state index contributed by atoms with van der Waals surface area (Å²) < 4.78 is 8.62. The van der Waals surface area contributed by atoms with Crippen LogP contribution in [0.2, 0.25) is 0 Å². The molecule has 8 nitrogen and oxygen atoms in total. The van der Waals surface area contributed by atoms with Gasteiger partial charge in [0.05, 0.1) is 28.1 Å². The Labute approximate surface area is 247 Å². The van der Waals surface area contributed by atoms with Crippen LogP contribution in [0.5, 0.6) is 5.75 Å². The number of ether oxygens (including phenoxy) is 1. The number of esters is 1. The lowest BCUT2D eigenvalue weighted by atomic mass is 9.85. The first kappa shape index (κ1) is 27.5. The first-order chi connectivity index (χ1) is 20.8. The van der Waals surface area contributed by atoms with Crippen LogP contribution < -0.4 is 15.9 Å². The SMILES string of the molecule is Cc1cccc(C(=O)Oc2ccc(C(c3c(C)[nH]n(-c4ccccc4)c3=O)c3c(C)[nH]n(-c4ccccc4)c3=O)cc2)c1. The van der Waals surface area contributed by atoms with Crippen LogP contribution in [0.25, 0.3) is 11.4 Å². The Balaban J connectivity index is 1.47. The molecule has 0 atom stereocenters. The van der Waals surface area contributed by atoms with E-state index in [1.165, 1.54) is 9.36 Å². The van der Waals surface area contributed by atoms with Gasteiger partial charge in [-0.05, 0) is 74.9 Å². The summed E-state index contributed by atoms with van der Waals surface area (Å²) >= 11 is 0. The van der Waals surface area contributed by atoms with E-state index in [0.717, 1.165) is 5.56 Å². The molecule has 0 saturated carbocycles. The zero-order valence-electron chi connectivity index (χ0n) is 24.0. The molecule has 2 N–H and O–H groups in total. The Morgan fingerprint density at radius 2 is 1.16 bits per heavy atom. The summed E-state index contributed by atoms with van der Waals surface area (Å²) in [6, 6.07) is 32.8. The number of hydrogen-bond donors (Lipinski definition) is 2. The van der Waals surface area contributed by atoms with Gasteiger partial charge < -0.3 is 4.74 Å². The summed E-state index contributed by atoms with van der Waals surface area (Å²) in [5.74, 6) is -0.814. The Morgan fingerprint density at radius 3 is 1.65 bits per heavy atom. The number of H-pyrrole nitrogens is 2. The number of rotatable bonds is 7. The van der Waals surface area contributed by atoms with E-state index in [1.807, 2.05) is 93.6 Å². The van der Waals surface area contributed by atoms with Gasteiger partial charge in [-0.3, -0.25) is 19.8 Å². The maximum Gasteiger partial charge on any atom is 0.343 e. The molecular weight excluding hydrogens is 540 g/mol. The van der Waals surface area contributed by atoms with Crippen molar-refractivity contribution in [2.75, 3.05) is 0 Å². The molecule has 6 rings (SSSR count). The highest BCUT2D eigenvalue weighted by atomic mass is 16.5. The van der Waals surface area contributed by atoms with E-state index in [9.17, 15) is 14.4 Å². The largest absolute Gasteiger partial charge is 0.423 e. The number of carbonyl (C=O) groups is 1. The van der Waals surface area contributed by atoms with Gasteiger partial charge in [0.25, 0.3) is 11.1 Å². The van der Waals surface area contributed by atoms with E-state index in [0.29, 0.717) is 50.8 Å². The number of nitrogens with one attached hydrogen (secondary N) is 2. The fourth-order valence-corrected chi connectivity index (χ4v) is 5.46. The molecule has 0 radical (unpaired) electrons. The molecule has 0 aliphatic rings. The number of aromatic amines is 2. The zero-order valence-corrected chi connectivity index (χ0v) is 24.0. The van der Waals surface area contributed by atoms with E-state index in [4.69, 9.17) is 4.74 Å². The highest BCUT2D eigenvalue weighted by Gasteiger charge is 2.31. The quantitative estimate of drug-likeness (QED) is 0.182. The first-order valence-electron chi connectivity index (χ1n) is 13.9. The van der Waals surface area contributed by atoms with Crippen molar-refractivity contribution in [1.29, 1.82) is 0 Å². The second kappa shape index (κ2) is 11.3. The monoisotopic (exact) mass is 570 g/mol. The zero-order chi connectivity index (χ0) is 30.1. The van der Waals surface area contributed by atoms with Gasteiger partial charge in [0.1, 0.15) is 5.75 Å². The van der Waals surface area contributed by atoms with Crippen molar-refractivity contribution in [2.45, 2.75) is 26.7 Å². The van der Waals surface area contributed by atoms with Crippen LogP contribution >= 0.6 is 0 Å². The molecule has 4 aromatic carbocycles. The van der Waals surface area contributed by atoms with Crippen molar-refractivity contribution in [3.8, 4) is 17.1 Å². The maximum absolute atomic E-state index is 14.0. The minimum Gasteiger partial charge on any atom is -0.423 e. The summed E-state index contributed by atoms with van der Waals surface area (Å²) in [5.41, 5.74) is 5.16. The molecule has 0 unspecified atom stereocenters. The smallest absolute Gasteiger partial charge is 0.343 e. The number of hydrogen-bond acceptors (Lipinski definition) is 4. The number of aromatic nitrogens is 4. The van der Waals surface area contributed by atoms with E-state index in [-0.39, 0.29) is 11.1 Å². The second-order valence-corrected chi connectivity index (χ2v) is 10.5. The lowest BCUT2D eigenvalue weighted by molar-refractivity contribution is 0.0734. The van der Waals surface area contributed by atoms with E-state index in [2.05, 4.69) is 10.2 Å². The van der Waals surface area contributed by atoms with Crippen molar-refractivity contribution in [1.82, 2.24) is 19.6 Å². The summed E-state index contributed by atoms with van der Waals surface area (Å²) in [6.45, 7) is 5.58. The van der Waals surface area contributed by atoms with Gasteiger partial charge in [-0.2, -0.15) is 0 Å². The lowest BCUT2D eigenvalue weighted by Crippen LogP contribution is -2.25. The second-order valence-electron chi connectivity index (χ2n) is 10.5. The van der Waals surface area contributed by atoms with Gasteiger partial charge in [0.15, 0.2) is 0 Å². The number of nitrogens with zero attached hydrogens (tertiary/aromatic N) is 2. The molecule has 8 heteroatoms. The molecule has 2 aromatic heterocycles. The van der Waals surface area contributed by atoms with Crippen molar-refractivity contribution >= 4 is 5.97 Å². The Bertz CT molecular complexity index is 1930. The van der Waals surface area contributed by atoms with Gasteiger partial charge >= 0.3 is 5.97 Å². The highest BCUT2D eigenvalue weighted by Crippen LogP contribution is 2.33. The summed E-state index contributed by atoms with van der Waals surface area (Å²) in [6.07, 6.45) is 0. The number of para-hydroxylation sites is 2. The molecule has 0 fully saturated rings. The predicted octanol–water partition coefficient (Wildman–Crippen LogP) is 5.97. The summed E-state index contributed by atoms with van der Waals surface area (Å²) in [5, 5.41) is 6.41. The van der Waals surface area contributed by atoms with E-state index < -0.39 is 11.9 Å². The molecule has 0 spiro atoms. The topological polar surface area (TPSA) is 102 Å². The Hall–Kier alpha value is -5.63. The van der Waals surface area contributed by atoms with Crippen molar-refractivity contribution < 1.29 is 9.53 Å². The van der Waals surface area contributed by atoms with E-state index >= 15 is 0 Å². The highest BCUT2D eigenvalue weighted by molar-refractivity contribution is 5.91. The van der Waals surface area contributed by atoms with Crippen LogP contribution in [0.3, 0.4) is 0 Å². The maximum atomic E-state index is 14.0. The molecule has 2 heterocycles. The van der Waals surface area contributed by atoms with Crippen LogP contribution in [0.4, 0.5) is 0 Å². The fraction of sp³-hybridized carbons (Fsp3) is 0.114. The van der Waals surface area contributed by atoms with Crippen molar-refractivity contribution in [3.05, 3.63) is 169 Å². The third kappa shape index (κ3) is 5.26. The average molecular weight is 571 g/mol. The third-order valence-electron chi connectivity index (χ3n) is 7.52. The number of aryl methyl sites for hydroxylation is 3. The molecule has 0 bridgehead atoms. The first-order valence-corrected chi connectivity index (χ1v) is 13.9. The standard InChI is InChI=1S/C35H30N4O4/c1-22-11-10-12-26(21-22)35(42)43-29-19-17-25(18-20-29)32(30-23(2)36-38(33(30)40)27-13-6-4-7-14-27)31-24(3)37-39(34(31)41)28-15-8-5-9-16-28/h4-21,32,36-37H,1-3H3. The average Bonchev–Trinajstić information content (AvgIpc) is 3.49. The predicted molar refractivity (Wildman–Crippen MR) is 166 cm³/mol. The van der Waals surface area contributed by atoms with Crippen LogP contribution in [0, 0.1) is 20.8 Å². The van der Waals surface area contributed by atoms with Crippen LogP contribution in [-0.4, -0.2) is 25.5 Å². The van der Waals surface area contributed by atoms with Crippen LogP contribution in [0.15, 0.2) is 119 Å². The fourth-order valence-electron chi connectivity index (χ4n) is 5.46. The molecule has 0 amide bonds. The minimum atomic E-state index is -0.705. The van der Waals surface area contributed by atoms with Gasteiger partial charge in [0.2, 0.25) is 0 Å². The van der Waals surface area contributed by atoms with Gasteiger partial charge in [0, 0.05) is 17.3 Å². The molecule has 0 aliphatic carbocycles. The van der Waals surface area contributed by atoms with E-state index in [1.54, 1.807) is 36.4 Å². The molecule has 214 valence electrons. The molecule has 0 saturated heterocycles. The molecule has 0 aliphatic heterocycles. The number of benzene rings is 4. The lowest BCUT2D eigenvalue weighted by Gasteiger charge is -2.16. The number of carbonyl (C=O) groups excluding carboxylic acids is 1. The van der Waals surface area contributed by atoms with Gasteiger partial charge in [-0.25, -0.2) is 14.2 Å². The van der Waals surface area contributed by atoms with Gasteiger partial charge in [-0.1, -0.05) is 66.2 Å². The van der Waals surface area contributed by atoms with Gasteiger partial charge in [-0.15, -0.1) is 0 Å². The Kier molecular flexibility index (Phi) is 7.26. The van der Waals surface area contributed by atoms with Crippen molar-refractivity contribution in [2.24, 2.45) is 0 Å². The molecule has 43 heavy (non-hydrogen) atoms. The van der Waals surface area contributed by atoms with Crippen LogP contribution in [-0.2, 0) is 0 Å².